The minimum absolute atomic E-state index is 0.0407. The van der Waals surface area contributed by atoms with Crippen LogP contribution < -0.4 is 0 Å². The third-order valence-corrected chi connectivity index (χ3v) is 13.9. The number of allylic oxidation sites excluding steroid dienone is 1. The first-order valence-electron chi connectivity index (χ1n) is 16.6. The molecule has 4 fully saturated rings. The molecule has 1 aromatic carbocycles. The fourth-order valence-corrected chi connectivity index (χ4v) is 11.1. The molecule has 0 aromatic heterocycles. The Kier molecular flexibility index (Phi) is 6.68. The van der Waals surface area contributed by atoms with Crippen molar-refractivity contribution in [2.75, 3.05) is 0 Å². The molecule has 1 aromatic rings. The van der Waals surface area contributed by atoms with Crippen LogP contribution in [0.5, 0.6) is 5.75 Å². The van der Waals surface area contributed by atoms with Gasteiger partial charge in [-0.15, -0.1) is 5.92 Å². The molecule has 0 radical (unpaired) electrons. The van der Waals surface area contributed by atoms with E-state index in [1.165, 1.54) is 0 Å². The molecule has 0 unspecified atom stereocenters. The summed E-state index contributed by atoms with van der Waals surface area (Å²) in [5, 5.41) is 57.6. The maximum Gasteiger partial charge on any atom is 0.164 e. The van der Waals surface area contributed by atoms with Crippen LogP contribution in [0.3, 0.4) is 0 Å². The van der Waals surface area contributed by atoms with Gasteiger partial charge in [-0.2, -0.15) is 0 Å². The number of hydrogen-bond donors (Lipinski definition) is 5. The summed E-state index contributed by atoms with van der Waals surface area (Å²) >= 11 is 0. The summed E-state index contributed by atoms with van der Waals surface area (Å²) in [4.78, 5) is 14.8. The Morgan fingerprint density at radius 3 is 2.41 bits per heavy atom. The number of aromatic hydroxyl groups is 1. The fourth-order valence-electron chi connectivity index (χ4n) is 11.1. The predicted octanol–water partition coefficient (Wildman–Crippen LogP) is 4.25. The van der Waals surface area contributed by atoms with E-state index in [1.807, 2.05) is 6.92 Å². The topological polar surface area (TPSA) is 131 Å². The number of carbonyl (C=O) groups excluding carboxylic acids is 1. The quantitative estimate of drug-likeness (QED) is 0.251. The number of benzene rings is 1. The number of hydrogen-bond acceptors (Lipinski definition) is 7. The number of ether oxygens (including phenoxy) is 1. The molecule has 3 saturated carbocycles. The van der Waals surface area contributed by atoms with Gasteiger partial charge < -0.3 is 30.3 Å². The van der Waals surface area contributed by atoms with Gasteiger partial charge in [0.15, 0.2) is 5.78 Å². The van der Waals surface area contributed by atoms with Gasteiger partial charge in [0.05, 0.1) is 40.8 Å². The minimum Gasteiger partial charge on any atom is -0.508 e. The van der Waals surface area contributed by atoms with E-state index in [0.29, 0.717) is 38.0 Å². The molecule has 6 aliphatic carbocycles. The van der Waals surface area contributed by atoms with Gasteiger partial charge in [0, 0.05) is 11.8 Å². The van der Waals surface area contributed by atoms with Gasteiger partial charge in [-0.3, -0.25) is 4.79 Å². The van der Waals surface area contributed by atoms with E-state index >= 15 is 0 Å². The lowest BCUT2D eigenvalue weighted by Crippen LogP contribution is -2.68. The van der Waals surface area contributed by atoms with Gasteiger partial charge in [0.1, 0.15) is 11.9 Å². The van der Waals surface area contributed by atoms with E-state index in [1.54, 1.807) is 30.3 Å². The average molecular weight is 605 g/mol. The van der Waals surface area contributed by atoms with Crippen molar-refractivity contribution >= 4 is 5.78 Å². The number of aliphatic hydroxyl groups excluding tert-OH is 2. The summed E-state index contributed by atoms with van der Waals surface area (Å²) in [7, 11) is 0. The van der Waals surface area contributed by atoms with E-state index < -0.39 is 45.6 Å². The lowest BCUT2D eigenvalue weighted by Gasteiger charge is -2.66. The fraction of sp³-hybridized carbons (Fsp3) is 0.703. The summed E-state index contributed by atoms with van der Waals surface area (Å²) in [5.74, 6) is 6.55. The van der Waals surface area contributed by atoms with Crippen LogP contribution in [0.2, 0.25) is 0 Å². The molecular formula is C37H48O7. The van der Waals surface area contributed by atoms with Crippen LogP contribution in [0.15, 0.2) is 35.9 Å². The van der Waals surface area contributed by atoms with Crippen LogP contribution >= 0.6 is 0 Å². The molecule has 2 spiro atoms. The minimum atomic E-state index is -1.33. The second kappa shape index (κ2) is 9.65. The van der Waals surface area contributed by atoms with Crippen LogP contribution in [0.1, 0.15) is 91.0 Å². The van der Waals surface area contributed by atoms with Crippen molar-refractivity contribution in [1.82, 2.24) is 0 Å². The summed E-state index contributed by atoms with van der Waals surface area (Å²) in [6.45, 7) is 10.4. The van der Waals surface area contributed by atoms with Crippen molar-refractivity contribution in [1.29, 1.82) is 0 Å². The van der Waals surface area contributed by atoms with Crippen LogP contribution in [-0.4, -0.2) is 66.9 Å². The van der Waals surface area contributed by atoms with Crippen LogP contribution in [0.4, 0.5) is 0 Å². The zero-order chi connectivity index (χ0) is 31.6. The highest BCUT2D eigenvalue weighted by Gasteiger charge is 2.75. The molecule has 7 heteroatoms. The molecular weight excluding hydrogens is 556 g/mol. The van der Waals surface area contributed by atoms with E-state index in [0.717, 1.165) is 11.1 Å². The van der Waals surface area contributed by atoms with E-state index in [9.17, 15) is 30.3 Å². The summed E-state index contributed by atoms with van der Waals surface area (Å²) < 4.78 is 6.19. The molecule has 13 atom stereocenters. The van der Waals surface area contributed by atoms with E-state index in [4.69, 9.17) is 4.74 Å². The van der Waals surface area contributed by atoms with Gasteiger partial charge in [-0.25, -0.2) is 0 Å². The van der Waals surface area contributed by atoms with Gasteiger partial charge in [0.25, 0.3) is 0 Å². The lowest BCUT2D eigenvalue weighted by atomic mass is 9.37. The summed E-state index contributed by atoms with van der Waals surface area (Å²) in [6.07, 6.45) is 2.24. The van der Waals surface area contributed by atoms with E-state index in [2.05, 4.69) is 39.5 Å². The van der Waals surface area contributed by atoms with Crippen LogP contribution in [0, 0.1) is 51.8 Å². The first-order valence-corrected chi connectivity index (χ1v) is 16.6. The monoisotopic (exact) mass is 604 g/mol. The molecule has 1 aliphatic heterocycles. The van der Waals surface area contributed by atoms with Gasteiger partial charge in [-0.05, 0) is 104 Å². The third kappa shape index (κ3) is 3.72. The van der Waals surface area contributed by atoms with Crippen molar-refractivity contribution in [3.63, 3.8) is 0 Å². The standard InChI is InChI=1S/C37H48O7/c1-20(2)21(3)31-32(44-31)34(5,42)29-13-16-37(43)26-17-30(41)36-19-28(40)27(39)18-33(36,4)25(26)12-15-35(29,37)14-6-7-24(36)22-8-10-23(38)11-9-22/h8-11,17,20-21,24-25,27-29,31-32,38-40,42-43H,12-16,18-19H2,1-5H3/t21-,24-,25-,27+,28-,29+,31-,32-,33-,34-,35+,36+,37+/m1/s1. The number of phenols is 1. The number of epoxide rings is 1. The highest BCUT2D eigenvalue weighted by Crippen LogP contribution is 2.74. The van der Waals surface area contributed by atoms with Crippen LogP contribution in [0.25, 0.3) is 0 Å². The Bertz CT molecular complexity index is 1450. The lowest BCUT2D eigenvalue weighted by molar-refractivity contribution is -0.189. The second-order valence-electron chi connectivity index (χ2n) is 16.0. The molecule has 7 aliphatic rings. The molecule has 0 amide bonds. The number of fused-ring (bicyclic) bond motifs is 4. The van der Waals surface area contributed by atoms with Gasteiger partial charge in [0.2, 0.25) is 0 Å². The Morgan fingerprint density at radius 2 is 1.73 bits per heavy atom. The molecule has 1 saturated heterocycles. The van der Waals surface area contributed by atoms with Crippen molar-refractivity contribution in [2.24, 2.45) is 39.9 Å². The van der Waals surface area contributed by atoms with E-state index in [-0.39, 0.29) is 54.3 Å². The number of carbonyl (C=O) groups is 1. The molecule has 5 N–H and O–H groups in total. The molecule has 4 bridgehead atoms. The van der Waals surface area contributed by atoms with Gasteiger partial charge >= 0.3 is 0 Å². The Labute approximate surface area is 260 Å². The predicted molar refractivity (Wildman–Crippen MR) is 164 cm³/mol. The molecule has 238 valence electrons. The maximum absolute atomic E-state index is 14.8. The van der Waals surface area contributed by atoms with Crippen LogP contribution in [-0.2, 0) is 9.53 Å². The maximum atomic E-state index is 14.8. The number of aliphatic hydroxyl groups is 4. The summed E-state index contributed by atoms with van der Waals surface area (Å²) in [5.41, 5.74) is -3.69. The number of rotatable bonds is 5. The highest BCUT2D eigenvalue weighted by molar-refractivity contribution is 5.99. The SMILES string of the molecule is CC(C)[C@@H](C)[C@H]1O[C@H]1[C@](C)(O)[C@@H]1CC[C@]2(O)C3=CC(=O)[C@@]45C[C@@H](O)[C@@H](O)C[C@]4(C)[C@@H]3CC[C@@]12CC#C[C@@H]5c1ccc(O)cc1. The molecule has 7 nitrogen and oxygen atoms in total. The highest BCUT2D eigenvalue weighted by atomic mass is 16.6. The summed E-state index contributed by atoms with van der Waals surface area (Å²) in [6, 6.07) is 6.81. The Morgan fingerprint density at radius 1 is 1.05 bits per heavy atom. The Hall–Kier alpha value is -2.21. The molecule has 1 heterocycles. The van der Waals surface area contributed by atoms with Crippen molar-refractivity contribution < 1.29 is 35.1 Å². The smallest absolute Gasteiger partial charge is 0.164 e. The molecule has 44 heavy (non-hydrogen) atoms. The van der Waals surface area contributed by atoms with Crippen molar-refractivity contribution in [3.8, 4) is 17.6 Å². The molecule has 8 rings (SSSR count). The largest absolute Gasteiger partial charge is 0.508 e. The van der Waals surface area contributed by atoms with Gasteiger partial charge in [-0.1, -0.05) is 45.7 Å². The van der Waals surface area contributed by atoms with Crippen molar-refractivity contribution in [2.45, 2.75) is 121 Å². The zero-order valence-electron chi connectivity index (χ0n) is 26.6. The average Bonchev–Trinajstić information content (AvgIpc) is 3.71. The second-order valence-corrected chi connectivity index (χ2v) is 16.0. The first kappa shape index (κ1) is 30.4. The third-order valence-electron chi connectivity index (χ3n) is 13.9. The Balaban J connectivity index is 1.41. The number of phenolic OH excluding ortho intramolecular Hbond substituents is 1. The first-order chi connectivity index (χ1) is 20.6. The zero-order valence-corrected chi connectivity index (χ0v) is 26.6. The van der Waals surface area contributed by atoms with Crippen molar-refractivity contribution in [3.05, 3.63) is 41.5 Å². The number of ketones is 1. The normalized spacial score (nSPS) is 47.6.